The van der Waals surface area contributed by atoms with Gasteiger partial charge in [-0.05, 0) is 24.5 Å². The van der Waals surface area contributed by atoms with Crippen LogP contribution in [0.4, 0.5) is 11.4 Å². The molecule has 148 valence electrons. The van der Waals surface area contributed by atoms with Crippen LogP contribution in [0.5, 0.6) is 5.75 Å². The number of anilines is 2. The van der Waals surface area contributed by atoms with Crippen molar-refractivity contribution in [1.82, 2.24) is 4.90 Å². The van der Waals surface area contributed by atoms with Gasteiger partial charge in [-0.1, -0.05) is 20.8 Å². The van der Waals surface area contributed by atoms with Gasteiger partial charge in [-0.3, -0.25) is 14.4 Å². The number of carbonyl (C=O) groups is 3. The molecular weight excluding hydrogens is 346 g/mol. The Balaban J connectivity index is 2.01. The van der Waals surface area contributed by atoms with Crippen LogP contribution in [-0.2, 0) is 14.4 Å². The summed E-state index contributed by atoms with van der Waals surface area (Å²) in [5, 5.41) is 5.65. The Hall–Kier alpha value is -2.57. The molecule has 1 aromatic rings. The van der Waals surface area contributed by atoms with E-state index in [1.165, 1.54) is 7.11 Å². The monoisotopic (exact) mass is 375 g/mol. The quantitative estimate of drug-likeness (QED) is 0.731. The highest BCUT2D eigenvalue weighted by atomic mass is 16.5. The van der Waals surface area contributed by atoms with Crippen molar-refractivity contribution < 1.29 is 19.1 Å². The third-order valence-electron chi connectivity index (χ3n) is 4.39. The number of methoxy groups -OCH3 is 1. The fraction of sp³-hybridized carbons (Fsp3) is 0.550. The highest BCUT2D eigenvalue weighted by Crippen LogP contribution is 2.29. The molecule has 0 aliphatic carbocycles. The number of rotatable bonds is 8. The molecule has 0 saturated carbocycles. The van der Waals surface area contributed by atoms with Crippen molar-refractivity contribution in [2.75, 3.05) is 30.8 Å². The summed E-state index contributed by atoms with van der Waals surface area (Å²) in [5.41, 5.74) is 1.13. The number of ether oxygens (including phenoxy) is 1. The minimum Gasteiger partial charge on any atom is -0.494 e. The van der Waals surface area contributed by atoms with E-state index >= 15 is 0 Å². The number of likely N-dealkylation sites (tertiary alicyclic amines) is 1. The van der Waals surface area contributed by atoms with Crippen LogP contribution in [0.25, 0.3) is 0 Å². The van der Waals surface area contributed by atoms with Gasteiger partial charge < -0.3 is 20.3 Å². The van der Waals surface area contributed by atoms with Gasteiger partial charge >= 0.3 is 0 Å². The van der Waals surface area contributed by atoms with Crippen molar-refractivity contribution in [3.63, 3.8) is 0 Å². The van der Waals surface area contributed by atoms with Gasteiger partial charge in [-0.2, -0.15) is 0 Å². The summed E-state index contributed by atoms with van der Waals surface area (Å²) < 4.78 is 5.32. The van der Waals surface area contributed by atoms with Gasteiger partial charge in [0.2, 0.25) is 17.7 Å². The lowest BCUT2D eigenvalue weighted by atomic mass is 10.1. The Kier molecular flexibility index (Phi) is 7.21. The van der Waals surface area contributed by atoms with Gasteiger partial charge in [0.25, 0.3) is 0 Å². The summed E-state index contributed by atoms with van der Waals surface area (Å²) in [6.07, 6.45) is 1.43. The van der Waals surface area contributed by atoms with Gasteiger partial charge in [0.05, 0.1) is 18.7 Å². The molecule has 2 N–H and O–H groups in total. The van der Waals surface area contributed by atoms with Gasteiger partial charge in [0, 0.05) is 37.7 Å². The average molecular weight is 375 g/mol. The summed E-state index contributed by atoms with van der Waals surface area (Å²) in [6, 6.07) is 5.08. The topological polar surface area (TPSA) is 87.7 Å². The SMILES string of the molecule is CCCC(=O)Nc1ccc(NC(=O)C2CC(=O)N(CC(C)C)C2)cc1OC. The zero-order chi connectivity index (χ0) is 20.0. The van der Waals surface area contributed by atoms with Gasteiger partial charge in [-0.25, -0.2) is 0 Å². The first-order chi connectivity index (χ1) is 12.8. The molecule has 27 heavy (non-hydrogen) atoms. The first-order valence-corrected chi connectivity index (χ1v) is 9.40. The van der Waals surface area contributed by atoms with Crippen LogP contribution in [0.15, 0.2) is 18.2 Å². The van der Waals surface area contributed by atoms with Crippen LogP contribution in [0, 0.1) is 11.8 Å². The number of nitrogens with zero attached hydrogens (tertiary/aromatic N) is 1. The van der Waals surface area contributed by atoms with E-state index < -0.39 is 0 Å². The Morgan fingerprint density at radius 3 is 2.67 bits per heavy atom. The molecule has 2 rings (SSSR count). The van der Waals surface area contributed by atoms with E-state index in [2.05, 4.69) is 10.6 Å². The minimum absolute atomic E-state index is 0.0235. The standard InChI is InChI=1S/C20H29N3O4/c1-5-6-18(24)22-16-8-7-15(10-17(16)27-4)21-20(26)14-9-19(25)23(12-14)11-13(2)3/h7-8,10,13-14H,5-6,9,11-12H2,1-4H3,(H,21,26)(H,22,24). The van der Waals surface area contributed by atoms with Crippen LogP contribution < -0.4 is 15.4 Å². The molecule has 1 atom stereocenters. The fourth-order valence-electron chi connectivity index (χ4n) is 3.12. The van der Waals surface area contributed by atoms with Crippen LogP contribution in [0.2, 0.25) is 0 Å². The Morgan fingerprint density at radius 2 is 2.04 bits per heavy atom. The summed E-state index contributed by atoms with van der Waals surface area (Å²) in [4.78, 5) is 38.1. The summed E-state index contributed by atoms with van der Waals surface area (Å²) in [5.74, 6) is 0.250. The van der Waals surface area contributed by atoms with E-state index in [1.807, 2.05) is 20.8 Å². The van der Waals surface area contributed by atoms with Crippen LogP contribution >= 0.6 is 0 Å². The van der Waals surface area contributed by atoms with Crippen LogP contribution in [0.3, 0.4) is 0 Å². The molecule has 3 amide bonds. The summed E-state index contributed by atoms with van der Waals surface area (Å²) in [7, 11) is 1.51. The van der Waals surface area contributed by atoms with Gasteiger partial charge in [0.1, 0.15) is 5.75 Å². The number of hydrogen-bond donors (Lipinski definition) is 2. The van der Waals surface area contributed by atoms with E-state index in [0.29, 0.717) is 42.6 Å². The summed E-state index contributed by atoms with van der Waals surface area (Å²) >= 11 is 0. The molecule has 7 nitrogen and oxygen atoms in total. The van der Waals surface area contributed by atoms with E-state index in [0.717, 1.165) is 6.42 Å². The van der Waals surface area contributed by atoms with Crippen molar-refractivity contribution in [3.8, 4) is 5.75 Å². The number of hydrogen-bond acceptors (Lipinski definition) is 4. The lowest BCUT2D eigenvalue weighted by Crippen LogP contribution is -2.31. The molecule has 0 radical (unpaired) electrons. The van der Waals surface area contributed by atoms with Crippen molar-refractivity contribution in [3.05, 3.63) is 18.2 Å². The molecule has 1 aliphatic heterocycles. The summed E-state index contributed by atoms with van der Waals surface area (Å²) in [6.45, 7) is 7.15. The van der Waals surface area contributed by atoms with Crippen molar-refractivity contribution in [1.29, 1.82) is 0 Å². The molecule has 1 aromatic carbocycles. The maximum absolute atomic E-state index is 12.5. The Labute approximate surface area is 160 Å². The van der Waals surface area contributed by atoms with Crippen molar-refractivity contribution in [2.45, 2.75) is 40.0 Å². The molecule has 1 fully saturated rings. The molecule has 1 unspecified atom stereocenters. The zero-order valence-electron chi connectivity index (χ0n) is 16.5. The third kappa shape index (κ3) is 5.70. The molecule has 1 saturated heterocycles. The Morgan fingerprint density at radius 1 is 1.30 bits per heavy atom. The van der Waals surface area contributed by atoms with Gasteiger partial charge in [0.15, 0.2) is 0 Å². The second-order valence-electron chi connectivity index (χ2n) is 7.30. The van der Waals surface area contributed by atoms with E-state index in [4.69, 9.17) is 4.74 Å². The smallest absolute Gasteiger partial charge is 0.229 e. The molecule has 0 spiro atoms. The molecule has 0 aromatic heterocycles. The van der Waals surface area contributed by atoms with E-state index in [9.17, 15) is 14.4 Å². The minimum atomic E-state index is -0.355. The molecule has 7 heteroatoms. The van der Waals surface area contributed by atoms with E-state index in [-0.39, 0.29) is 30.1 Å². The number of nitrogens with one attached hydrogen (secondary N) is 2. The number of carbonyl (C=O) groups excluding carboxylic acids is 3. The maximum Gasteiger partial charge on any atom is 0.229 e. The Bertz CT molecular complexity index is 702. The highest BCUT2D eigenvalue weighted by molar-refractivity contribution is 5.98. The van der Waals surface area contributed by atoms with Crippen molar-refractivity contribution >= 4 is 29.1 Å². The highest BCUT2D eigenvalue weighted by Gasteiger charge is 2.34. The third-order valence-corrected chi connectivity index (χ3v) is 4.39. The number of benzene rings is 1. The second-order valence-corrected chi connectivity index (χ2v) is 7.30. The molecular formula is C20H29N3O4. The molecule has 0 bridgehead atoms. The van der Waals surface area contributed by atoms with Gasteiger partial charge in [-0.15, -0.1) is 0 Å². The number of amides is 3. The predicted molar refractivity (Wildman–Crippen MR) is 105 cm³/mol. The normalized spacial score (nSPS) is 16.6. The second kappa shape index (κ2) is 9.39. The molecule has 1 aliphatic rings. The van der Waals surface area contributed by atoms with Crippen molar-refractivity contribution in [2.24, 2.45) is 11.8 Å². The first-order valence-electron chi connectivity index (χ1n) is 9.40. The maximum atomic E-state index is 12.5. The van der Waals surface area contributed by atoms with Crippen LogP contribution in [-0.4, -0.2) is 42.8 Å². The lowest BCUT2D eigenvalue weighted by molar-refractivity contribution is -0.128. The lowest BCUT2D eigenvalue weighted by Gasteiger charge is -2.18. The fourth-order valence-corrected chi connectivity index (χ4v) is 3.12. The predicted octanol–water partition coefficient (Wildman–Crippen LogP) is 2.88. The first kappa shape index (κ1) is 20.7. The zero-order valence-corrected chi connectivity index (χ0v) is 16.5. The van der Waals surface area contributed by atoms with E-state index in [1.54, 1.807) is 23.1 Å². The largest absolute Gasteiger partial charge is 0.494 e. The molecule has 1 heterocycles. The average Bonchev–Trinajstić information content (AvgIpc) is 2.96. The van der Waals surface area contributed by atoms with Crippen LogP contribution in [0.1, 0.15) is 40.0 Å².